The van der Waals surface area contributed by atoms with Crippen molar-refractivity contribution in [2.75, 3.05) is 0 Å². The molecule has 4 rings (SSSR count). The van der Waals surface area contributed by atoms with Crippen LogP contribution in [0.15, 0.2) is 115 Å². The molecule has 0 aliphatic rings. The minimum absolute atomic E-state index is 0.267. The Balaban J connectivity index is 2.07. The summed E-state index contributed by atoms with van der Waals surface area (Å²) in [6.07, 6.45) is 1.90. The van der Waals surface area contributed by atoms with Gasteiger partial charge in [-0.05, 0) is 0 Å². The zero-order chi connectivity index (χ0) is 18.5. The van der Waals surface area contributed by atoms with Crippen molar-refractivity contribution in [3.05, 3.63) is 121 Å². The normalized spacial score (nSPS) is 13.1. The number of hydrogen-bond acceptors (Lipinski definition) is 1. The number of nitrogens with zero attached hydrogens (tertiary/aromatic N) is 1. The molecule has 4 aromatic rings. The fourth-order valence-electron chi connectivity index (χ4n) is 3.79. The molecule has 1 atom stereocenters. The van der Waals surface area contributed by atoms with Gasteiger partial charge in [0.2, 0.25) is 0 Å². The average Bonchev–Trinajstić information content (AvgIpc) is 2.77. The van der Waals surface area contributed by atoms with E-state index in [0.717, 1.165) is 5.69 Å². The molecule has 1 aromatic heterocycles. The molecule has 0 amide bonds. The Bertz CT molecular complexity index is 879. The predicted molar refractivity (Wildman–Crippen MR) is 128 cm³/mol. The first-order valence-corrected chi connectivity index (χ1v) is 12.4. The van der Waals surface area contributed by atoms with Gasteiger partial charge in [0, 0.05) is 0 Å². The Hall–Kier alpha value is -2.03. The summed E-state index contributed by atoms with van der Waals surface area (Å²) in [7, 11) is -2.34. The van der Waals surface area contributed by atoms with Gasteiger partial charge in [0.05, 0.1) is 0 Å². The van der Waals surface area contributed by atoms with Gasteiger partial charge in [0.25, 0.3) is 0 Å². The molecule has 134 valence electrons. The monoisotopic (exact) mass is 481 g/mol. The Morgan fingerprint density at radius 1 is 0.556 bits per heavy atom. The van der Waals surface area contributed by atoms with Crippen molar-refractivity contribution in [2.45, 2.75) is 3.67 Å². The zero-order valence-corrected chi connectivity index (χ0v) is 18.0. The molecule has 0 saturated heterocycles. The predicted octanol–water partition coefficient (Wildman–Crippen LogP) is 5.24. The second-order valence-corrected chi connectivity index (χ2v) is 12.9. The van der Waals surface area contributed by atoms with E-state index in [2.05, 4.69) is 126 Å². The van der Waals surface area contributed by atoms with Crippen LogP contribution in [0.3, 0.4) is 0 Å². The van der Waals surface area contributed by atoms with Gasteiger partial charge in [-0.1, -0.05) is 0 Å². The molecule has 0 aliphatic heterocycles. The van der Waals surface area contributed by atoms with Crippen LogP contribution in [0.25, 0.3) is 0 Å². The summed E-state index contributed by atoms with van der Waals surface area (Å²) in [4.78, 5) is 4.75. The number of aromatic nitrogens is 1. The third kappa shape index (κ3) is 3.44. The average molecular weight is 481 g/mol. The summed E-state index contributed by atoms with van der Waals surface area (Å²) in [5.41, 5.74) is 1.14. The molecule has 1 heterocycles. The molecular formula is C24H21INP. The summed E-state index contributed by atoms with van der Waals surface area (Å²) in [5, 5.41) is 4.23. The quantitative estimate of drug-likeness (QED) is 0.216. The molecule has 0 saturated carbocycles. The molecule has 3 aromatic carbocycles. The topological polar surface area (TPSA) is 12.9 Å². The number of alkyl halides is 1. The number of hydrogen-bond donors (Lipinski definition) is 0. The molecular weight excluding hydrogens is 460 g/mol. The van der Waals surface area contributed by atoms with Crippen LogP contribution in [0.2, 0.25) is 0 Å². The van der Waals surface area contributed by atoms with Gasteiger partial charge in [-0.15, -0.1) is 0 Å². The molecule has 0 radical (unpaired) electrons. The fourth-order valence-corrected chi connectivity index (χ4v) is 12.0. The summed E-state index contributed by atoms with van der Waals surface area (Å²) in [5.74, 6) is 0. The molecule has 27 heavy (non-hydrogen) atoms. The second kappa shape index (κ2) is 8.33. The maximum atomic E-state index is 4.75. The molecule has 3 heteroatoms. The van der Waals surface area contributed by atoms with Crippen LogP contribution in [0.1, 0.15) is 9.36 Å². The van der Waals surface area contributed by atoms with Gasteiger partial charge in [0.1, 0.15) is 0 Å². The summed E-state index contributed by atoms with van der Waals surface area (Å²) in [6, 6.07) is 39.2. The fraction of sp³-hybridized carbons (Fsp3) is 0.0417. The van der Waals surface area contributed by atoms with E-state index in [0.29, 0.717) is 0 Å². The number of pyridine rings is 1. The SMILES string of the molecule is IC(c1ccccn1)[PH](c1ccccc1)(c1ccccc1)c1ccccc1. The van der Waals surface area contributed by atoms with E-state index in [1.165, 1.54) is 15.9 Å². The molecule has 0 aliphatic carbocycles. The first kappa shape index (κ1) is 18.3. The van der Waals surface area contributed by atoms with E-state index in [1.54, 1.807) is 0 Å². The van der Waals surface area contributed by atoms with Gasteiger partial charge in [-0.3, -0.25) is 0 Å². The van der Waals surface area contributed by atoms with Crippen LogP contribution in [-0.2, 0) is 0 Å². The minimum atomic E-state index is -2.34. The Kier molecular flexibility index (Phi) is 5.66. The molecule has 1 nitrogen and oxygen atoms in total. The zero-order valence-electron chi connectivity index (χ0n) is 14.9. The van der Waals surface area contributed by atoms with E-state index in [9.17, 15) is 0 Å². The van der Waals surface area contributed by atoms with E-state index < -0.39 is 7.26 Å². The summed E-state index contributed by atoms with van der Waals surface area (Å²) >= 11 is 2.63. The van der Waals surface area contributed by atoms with Crippen molar-refractivity contribution in [1.82, 2.24) is 4.98 Å². The summed E-state index contributed by atoms with van der Waals surface area (Å²) < 4.78 is 0.267. The van der Waals surface area contributed by atoms with Gasteiger partial charge in [-0.2, -0.15) is 0 Å². The van der Waals surface area contributed by atoms with Gasteiger partial charge >= 0.3 is 176 Å². The third-order valence-corrected chi connectivity index (χ3v) is 13.2. The van der Waals surface area contributed by atoms with Crippen LogP contribution in [0.5, 0.6) is 0 Å². The third-order valence-electron chi connectivity index (χ3n) is 5.02. The van der Waals surface area contributed by atoms with Crippen molar-refractivity contribution in [3.8, 4) is 0 Å². The standard InChI is InChI=1S/C24H21INP/c25-24(23-18-10-11-19-26-23)27(20-12-4-1-5-13-20,21-14-6-2-7-15-21)22-16-8-3-9-17-22/h1-19,24,27H. The Morgan fingerprint density at radius 2 is 0.963 bits per heavy atom. The first-order chi connectivity index (χ1) is 13.3. The van der Waals surface area contributed by atoms with E-state index in [-0.39, 0.29) is 3.67 Å². The van der Waals surface area contributed by atoms with Crippen molar-refractivity contribution in [1.29, 1.82) is 0 Å². The summed E-state index contributed by atoms with van der Waals surface area (Å²) in [6.45, 7) is 0. The van der Waals surface area contributed by atoms with Gasteiger partial charge in [-0.25, -0.2) is 0 Å². The van der Waals surface area contributed by atoms with Crippen molar-refractivity contribution in [2.24, 2.45) is 0 Å². The number of rotatable bonds is 5. The molecule has 1 unspecified atom stereocenters. The molecule has 0 N–H and O–H groups in total. The maximum absolute atomic E-state index is 4.75. The van der Waals surface area contributed by atoms with E-state index in [4.69, 9.17) is 4.98 Å². The van der Waals surface area contributed by atoms with Gasteiger partial charge in [0.15, 0.2) is 0 Å². The van der Waals surface area contributed by atoms with Gasteiger partial charge < -0.3 is 0 Å². The molecule has 0 bridgehead atoms. The van der Waals surface area contributed by atoms with E-state index >= 15 is 0 Å². The van der Waals surface area contributed by atoms with Crippen LogP contribution >= 0.6 is 29.9 Å². The van der Waals surface area contributed by atoms with Crippen LogP contribution < -0.4 is 15.9 Å². The van der Waals surface area contributed by atoms with Crippen LogP contribution in [0, 0.1) is 0 Å². The Labute approximate surface area is 175 Å². The van der Waals surface area contributed by atoms with Crippen LogP contribution in [-0.4, -0.2) is 4.98 Å². The van der Waals surface area contributed by atoms with E-state index in [1.807, 2.05) is 12.3 Å². The first-order valence-electron chi connectivity index (χ1n) is 9.05. The van der Waals surface area contributed by atoms with Crippen LogP contribution in [0.4, 0.5) is 0 Å². The van der Waals surface area contributed by atoms with Crippen molar-refractivity contribution >= 4 is 45.8 Å². The van der Waals surface area contributed by atoms with Crippen molar-refractivity contribution in [3.63, 3.8) is 0 Å². The molecule has 0 fully saturated rings. The molecule has 0 spiro atoms. The number of halogens is 1. The van der Waals surface area contributed by atoms with Crippen molar-refractivity contribution < 1.29 is 0 Å². The second-order valence-electron chi connectivity index (χ2n) is 6.52. The number of benzene rings is 3. The Morgan fingerprint density at radius 3 is 1.33 bits per heavy atom.